The highest BCUT2D eigenvalue weighted by molar-refractivity contribution is 6.41. The van der Waals surface area contributed by atoms with Gasteiger partial charge in [0.05, 0.1) is 0 Å². The summed E-state index contributed by atoms with van der Waals surface area (Å²) in [5.74, 6) is 0. The summed E-state index contributed by atoms with van der Waals surface area (Å²) in [5, 5.41) is 2.74. The molecule has 0 aromatic rings. The molecule has 0 rings (SSSR count). The predicted molar refractivity (Wildman–Crippen MR) is 144 cm³/mol. The van der Waals surface area contributed by atoms with Gasteiger partial charge in [0, 0.05) is 0 Å². The zero-order valence-corrected chi connectivity index (χ0v) is 26.8. The minimum atomic E-state index is 0.0193. The fourth-order valence-electron chi connectivity index (χ4n) is 5.03. The highest BCUT2D eigenvalue weighted by Crippen LogP contribution is 2.46. The minimum Gasteiger partial charge on any atom is -0.293 e. The van der Waals surface area contributed by atoms with E-state index in [0.29, 0.717) is 0 Å². The van der Waals surface area contributed by atoms with Gasteiger partial charge in [-0.2, -0.15) is 0 Å². The SMILES string of the molecule is CC(C)(C)C([Si]OO[Si]C(=C(C(C)(C)C)C(C)(C)C)C(C)(C)C)=C(C(C)(C)C)C(C)(C)C. The second kappa shape index (κ2) is 10.2. The van der Waals surface area contributed by atoms with Gasteiger partial charge in [0.15, 0.2) is 0 Å². The largest absolute Gasteiger partial charge is 0.316 e. The van der Waals surface area contributed by atoms with Crippen LogP contribution in [0, 0.1) is 32.5 Å². The molecule has 32 heavy (non-hydrogen) atoms. The molecule has 4 heteroatoms. The number of rotatable bonds is 5. The molecule has 0 fully saturated rings. The topological polar surface area (TPSA) is 18.5 Å². The van der Waals surface area contributed by atoms with Gasteiger partial charge in [-0.1, -0.05) is 136 Å². The Kier molecular flexibility index (Phi) is 10.2. The highest BCUT2D eigenvalue weighted by Gasteiger charge is 2.37. The summed E-state index contributed by atoms with van der Waals surface area (Å²) in [6.07, 6.45) is 0. The lowest BCUT2D eigenvalue weighted by atomic mass is 9.69. The lowest BCUT2D eigenvalue weighted by molar-refractivity contribution is -0.0973. The molecule has 0 aliphatic heterocycles. The van der Waals surface area contributed by atoms with E-state index in [4.69, 9.17) is 9.15 Å². The molecule has 0 spiro atoms. The van der Waals surface area contributed by atoms with E-state index < -0.39 is 0 Å². The predicted octanol–water partition coefficient (Wildman–Crippen LogP) is 8.96. The summed E-state index contributed by atoms with van der Waals surface area (Å²) in [6.45, 7) is 41.5. The average molecular weight is 479 g/mol. The van der Waals surface area contributed by atoms with Crippen LogP contribution in [0.15, 0.2) is 21.5 Å². The molecule has 0 bridgehead atoms. The van der Waals surface area contributed by atoms with E-state index in [2.05, 4.69) is 125 Å². The van der Waals surface area contributed by atoms with Crippen molar-refractivity contribution in [2.24, 2.45) is 32.5 Å². The van der Waals surface area contributed by atoms with Crippen molar-refractivity contribution in [3.63, 3.8) is 0 Å². The fraction of sp³-hybridized carbons (Fsp3) is 0.857. The van der Waals surface area contributed by atoms with Gasteiger partial charge in [-0.25, -0.2) is 0 Å². The first kappa shape index (κ1) is 31.8. The van der Waals surface area contributed by atoms with Crippen molar-refractivity contribution in [3.05, 3.63) is 21.5 Å². The zero-order valence-electron chi connectivity index (χ0n) is 24.8. The van der Waals surface area contributed by atoms with Crippen molar-refractivity contribution in [3.8, 4) is 0 Å². The van der Waals surface area contributed by atoms with Crippen molar-refractivity contribution < 1.29 is 9.15 Å². The summed E-state index contributed by atoms with van der Waals surface area (Å²) in [7, 11) is 0.388. The molecule has 4 radical (unpaired) electrons. The van der Waals surface area contributed by atoms with Crippen molar-refractivity contribution in [2.45, 2.75) is 125 Å². The Morgan fingerprint density at radius 2 is 0.531 bits per heavy atom. The van der Waals surface area contributed by atoms with Crippen molar-refractivity contribution in [2.75, 3.05) is 0 Å². The summed E-state index contributed by atoms with van der Waals surface area (Å²) in [4.78, 5) is 0. The molecule has 0 aliphatic carbocycles. The van der Waals surface area contributed by atoms with Crippen LogP contribution in [0.5, 0.6) is 0 Å². The molecule has 0 saturated heterocycles. The summed E-state index contributed by atoms with van der Waals surface area (Å²) >= 11 is 0. The maximum Gasteiger partial charge on any atom is 0.316 e. The molecule has 0 aromatic carbocycles. The third-order valence-electron chi connectivity index (χ3n) is 5.33. The highest BCUT2D eigenvalue weighted by atomic mass is 28.2. The normalized spacial score (nSPS) is 14.4. The van der Waals surface area contributed by atoms with Gasteiger partial charge in [0.1, 0.15) is 0 Å². The third-order valence-corrected chi connectivity index (χ3v) is 8.24. The van der Waals surface area contributed by atoms with Crippen LogP contribution < -0.4 is 0 Å². The zero-order chi connectivity index (χ0) is 26.1. The summed E-state index contributed by atoms with van der Waals surface area (Å²) in [6, 6.07) is 0. The quantitative estimate of drug-likeness (QED) is 0.170. The molecule has 0 atom stereocenters. The van der Waals surface area contributed by atoms with Crippen LogP contribution in [0.4, 0.5) is 0 Å². The first-order chi connectivity index (χ1) is 13.7. The van der Waals surface area contributed by atoms with Gasteiger partial charge in [0.25, 0.3) is 0 Å². The average Bonchev–Trinajstić information content (AvgIpc) is 2.40. The van der Waals surface area contributed by atoms with Gasteiger partial charge in [-0.3, -0.25) is 9.15 Å². The van der Waals surface area contributed by atoms with Crippen LogP contribution in [0.25, 0.3) is 0 Å². The first-order valence-corrected chi connectivity index (χ1v) is 13.9. The van der Waals surface area contributed by atoms with Crippen LogP contribution in [0.3, 0.4) is 0 Å². The Hall–Kier alpha value is -0.166. The monoisotopic (exact) mass is 478 g/mol. The molecule has 0 unspecified atom stereocenters. The maximum absolute atomic E-state index is 6.04. The van der Waals surface area contributed by atoms with Crippen LogP contribution in [-0.2, 0) is 9.15 Å². The number of hydrogen-bond donors (Lipinski definition) is 0. The molecule has 0 amide bonds. The van der Waals surface area contributed by atoms with E-state index in [-0.39, 0.29) is 52.0 Å². The van der Waals surface area contributed by atoms with Crippen molar-refractivity contribution in [1.82, 2.24) is 0 Å². The standard InChI is InChI=1S/C28H54O2Si2/c1-23(2,3)19(24(4,5)6)21(27(13,14)15)31-29-30-32-22(28(16,17)18)20(25(7,8)9)26(10,11)12/h1-18H3. The van der Waals surface area contributed by atoms with Crippen LogP contribution >= 0.6 is 0 Å². The Morgan fingerprint density at radius 3 is 0.656 bits per heavy atom. The smallest absolute Gasteiger partial charge is 0.293 e. The van der Waals surface area contributed by atoms with Gasteiger partial charge in [-0.05, 0) is 42.9 Å². The lowest BCUT2D eigenvalue weighted by Crippen LogP contribution is -2.33. The molecule has 0 aromatic heterocycles. The van der Waals surface area contributed by atoms with E-state index >= 15 is 0 Å². The van der Waals surface area contributed by atoms with E-state index in [1.54, 1.807) is 0 Å². The van der Waals surface area contributed by atoms with Crippen molar-refractivity contribution in [1.29, 1.82) is 0 Å². The van der Waals surface area contributed by atoms with Crippen molar-refractivity contribution >= 4 is 19.5 Å². The third kappa shape index (κ3) is 9.60. The van der Waals surface area contributed by atoms with E-state index in [1.807, 2.05) is 0 Å². The van der Waals surface area contributed by atoms with E-state index in [0.717, 1.165) is 0 Å². The molecular weight excluding hydrogens is 424 g/mol. The second-order valence-corrected chi connectivity index (χ2v) is 17.1. The molecule has 0 heterocycles. The fourth-order valence-corrected chi connectivity index (χ4v) is 7.85. The van der Waals surface area contributed by atoms with Crippen LogP contribution in [-0.4, -0.2) is 19.5 Å². The molecular formula is C28H54O2Si2. The first-order valence-electron chi connectivity index (χ1n) is 12.1. The van der Waals surface area contributed by atoms with Gasteiger partial charge in [-0.15, -0.1) is 0 Å². The maximum atomic E-state index is 6.04. The molecule has 2 nitrogen and oxygen atoms in total. The van der Waals surface area contributed by atoms with Gasteiger partial charge in [0.2, 0.25) is 0 Å². The van der Waals surface area contributed by atoms with E-state index in [9.17, 15) is 0 Å². The van der Waals surface area contributed by atoms with Crippen LogP contribution in [0.1, 0.15) is 125 Å². The Labute approximate surface area is 207 Å². The molecule has 186 valence electrons. The number of allylic oxidation sites excluding steroid dienone is 4. The molecule has 0 aliphatic rings. The second-order valence-electron chi connectivity index (χ2n) is 15.4. The van der Waals surface area contributed by atoms with Gasteiger partial charge < -0.3 is 0 Å². The molecule has 0 saturated carbocycles. The minimum absolute atomic E-state index is 0.0193. The van der Waals surface area contributed by atoms with Crippen LogP contribution in [0.2, 0.25) is 0 Å². The summed E-state index contributed by atoms with van der Waals surface area (Å²) < 4.78 is 12.1. The lowest BCUT2D eigenvalue weighted by Gasteiger charge is -2.41. The van der Waals surface area contributed by atoms with Gasteiger partial charge >= 0.3 is 19.5 Å². The Balaban J connectivity index is 6.15. The number of hydrogen-bond acceptors (Lipinski definition) is 2. The Bertz CT molecular complexity index is 593. The van der Waals surface area contributed by atoms with E-state index in [1.165, 1.54) is 21.5 Å². The Morgan fingerprint density at radius 1 is 0.344 bits per heavy atom. The molecule has 0 N–H and O–H groups in total. The summed E-state index contributed by atoms with van der Waals surface area (Å²) in [5.41, 5.74) is 3.27.